The first-order valence-corrected chi connectivity index (χ1v) is 4.44. The molecule has 1 aromatic heterocycles. The predicted octanol–water partition coefficient (Wildman–Crippen LogP) is 0.232. The summed E-state index contributed by atoms with van der Waals surface area (Å²) in [5, 5.41) is 3.22. The molecule has 2 radical (unpaired) electrons. The van der Waals surface area contributed by atoms with Crippen LogP contribution >= 0.6 is 0 Å². The Balaban J connectivity index is 2.28. The molecule has 3 nitrogen and oxygen atoms in total. The summed E-state index contributed by atoms with van der Waals surface area (Å²) >= 11 is 0. The maximum atomic E-state index is 5.54. The lowest BCUT2D eigenvalue weighted by Gasteiger charge is -2.03. The van der Waals surface area contributed by atoms with E-state index in [0.717, 1.165) is 19.5 Å². The van der Waals surface area contributed by atoms with Gasteiger partial charge in [-0.3, -0.25) is 4.98 Å². The van der Waals surface area contributed by atoms with Gasteiger partial charge in [-0.05, 0) is 30.7 Å². The molecule has 1 heterocycles. The van der Waals surface area contributed by atoms with Gasteiger partial charge >= 0.3 is 0 Å². The molecule has 3 heteroatoms. The summed E-state index contributed by atoms with van der Waals surface area (Å²) in [6, 6.07) is 3.87. The largest absolute Gasteiger partial charge is 0.329 e. The number of nitrogens with two attached hydrogens (primary N) is 1. The predicted molar refractivity (Wildman–Crippen MR) is 53.3 cm³/mol. The Morgan fingerprint density at radius 3 is 3.00 bits per heavy atom. The molecule has 0 aliphatic heterocycles. The van der Waals surface area contributed by atoms with Gasteiger partial charge in [0.1, 0.15) is 0 Å². The summed E-state index contributed by atoms with van der Waals surface area (Å²) in [4.78, 5) is 3.92. The molecule has 0 spiro atoms. The summed E-state index contributed by atoms with van der Waals surface area (Å²) in [7, 11) is 0. The smallest absolute Gasteiger partial charge is 0.0451 e. The Bertz CT molecular complexity index is 248. The van der Waals surface area contributed by atoms with Gasteiger partial charge in [0, 0.05) is 31.9 Å². The van der Waals surface area contributed by atoms with Crippen LogP contribution < -0.4 is 11.1 Å². The molecule has 0 aliphatic rings. The lowest BCUT2D eigenvalue weighted by molar-refractivity contribution is 0.688. The minimum Gasteiger partial charge on any atom is -0.329 e. The lowest BCUT2D eigenvalue weighted by Crippen LogP contribution is -2.24. The third kappa shape index (κ3) is 4.01. The van der Waals surface area contributed by atoms with Crippen LogP contribution in [0.15, 0.2) is 18.3 Å². The first-order valence-electron chi connectivity index (χ1n) is 4.44. The Morgan fingerprint density at radius 2 is 2.31 bits per heavy atom. The van der Waals surface area contributed by atoms with Crippen LogP contribution in [0, 0.1) is 6.92 Å². The van der Waals surface area contributed by atoms with E-state index in [1.807, 2.05) is 12.1 Å². The summed E-state index contributed by atoms with van der Waals surface area (Å²) in [6.07, 6.45) is 2.69. The topological polar surface area (TPSA) is 50.9 Å². The van der Waals surface area contributed by atoms with Crippen LogP contribution in [-0.4, -0.2) is 24.6 Å². The Morgan fingerprint density at radius 1 is 1.46 bits per heavy atom. The Kier molecular flexibility index (Phi) is 4.43. The maximum Gasteiger partial charge on any atom is 0.0451 e. The number of nitrogens with one attached hydrogen (secondary N) is 1. The van der Waals surface area contributed by atoms with Gasteiger partial charge in [0.2, 0.25) is 0 Å². The quantitative estimate of drug-likeness (QED) is 0.633. The fourth-order valence-corrected chi connectivity index (χ4v) is 1.11. The first-order chi connectivity index (χ1) is 6.33. The number of rotatable bonds is 5. The molecule has 70 valence electrons. The number of aromatic nitrogens is 1. The zero-order valence-electron chi connectivity index (χ0n) is 7.66. The monoisotopic (exact) mass is 177 g/mol. The molecule has 0 atom stereocenters. The second-order valence-corrected chi connectivity index (χ2v) is 2.88. The van der Waals surface area contributed by atoms with Crippen molar-refractivity contribution in [3.8, 4) is 0 Å². The fraction of sp³-hybridized carbons (Fsp3) is 0.400. The highest BCUT2D eigenvalue weighted by atomic mass is 14.9. The molecule has 0 fully saturated rings. The van der Waals surface area contributed by atoms with Crippen LogP contribution in [0.3, 0.4) is 0 Å². The van der Waals surface area contributed by atoms with E-state index >= 15 is 0 Å². The molecule has 0 bridgehead atoms. The van der Waals surface area contributed by atoms with Gasteiger partial charge < -0.3 is 11.1 Å². The van der Waals surface area contributed by atoms with Gasteiger partial charge in [-0.2, -0.15) is 0 Å². The molecule has 0 saturated heterocycles. The number of nitrogens with zero attached hydrogens (tertiary/aromatic N) is 1. The average molecular weight is 177 g/mol. The maximum absolute atomic E-state index is 5.54. The van der Waals surface area contributed by atoms with Crippen LogP contribution in [0.4, 0.5) is 0 Å². The molecule has 1 aromatic rings. The van der Waals surface area contributed by atoms with E-state index in [4.69, 9.17) is 12.7 Å². The van der Waals surface area contributed by atoms with Crippen LogP contribution in [0.25, 0.3) is 0 Å². The molecule has 3 N–H and O–H groups in total. The SMILES string of the molecule is [CH]c1cc(CCNCCN)ccn1. The van der Waals surface area contributed by atoms with Gasteiger partial charge in [-0.25, -0.2) is 0 Å². The van der Waals surface area contributed by atoms with Crippen LogP contribution in [0.1, 0.15) is 11.3 Å². The highest BCUT2D eigenvalue weighted by Crippen LogP contribution is 2.00. The summed E-state index contributed by atoms with van der Waals surface area (Å²) < 4.78 is 0. The molecule has 13 heavy (non-hydrogen) atoms. The average Bonchev–Trinajstić information content (AvgIpc) is 2.13. The van der Waals surface area contributed by atoms with Gasteiger partial charge in [0.05, 0.1) is 0 Å². The van der Waals surface area contributed by atoms with E-state index in [1.54, 1.807) is 6.20 Å². The van der Waals surface area contributed by atoms with Gasteiger partial charge in [-0.15, -0.1) is 0 Å². The third-order valence-electron chi connectivity index (χ3n) is 1.76. The summed E-state index contributed by atoms with van der Waals surface area (Å²) in [6.45, 7) is 8.01. The van der Waals surface area contributed by atoms with E-state index in [1.165, 1.54) is 5.56 Å². The second kappa shape index (κ2) is 5.67. The standard InChI is InChI=1S/C10H15N3/c1-9-8-10(3-6-13-9)2-5-12-7-4-11/h1,3,6,8,12H,2,4-5,7,11H2. The van der Waals surface area contributed by atoms with Crippen molar-refractivity contribution in [1.82, 2.24) is 10.3 Å². The van der Waals surface area contributed by atoms with E-state index in [-0.39, 0.29) is 0 Å². The molecule has 0 aliphatic carbocycles. The normalized spacial score (nSPS) is 10.3. The number of pyridine rings is 1. The number of hydrogen-bond acceptors (Lipinski definition) is 3. The highest BCUT2D eigenvalue weighted by molar-refractivity contribution is 5.18. The first kappa shape index (κ1) is 10.2. The molecule has 0 amide bonds. The van der Waals surface area contributed by atoms with Crippen molar-refractivity contribution < 1.29 is 0 Å². The van der Waals surface area contributed by atoms with E-state index < -0.39 is 0 Å². The van der Waals surface area contributed by atoms with Gasteiger partial charge in [0.15, 0.2) is 0 Å². The Labute approximate surface area is 79.4 Å². The minimum atomic E-state index is 0.580. The molecule has 1 rings (SSSR count). The molecule has 0 saturated carbocycles. The van der Waals surface area contributed by atoms with Crippen molar-refractivity contribution in [2.75, 3.05) is 19.6 Å². The third-order valence-corrected chi connectivity index (χ3v) is 1.76. The van der Waals surface area contributed by atoms with E-state index in [2.05, 4.69) is 10.3 Å². The fourth-order valence-electron chi connectivity index (χ4n) is 1.11. The minimum absolute atomic E-state index is 0.580. The summed E-state index contributed by atoms with van der Waals surface area (Å²) in [5.74, 6) is 0. The highest BCUT2D eigenvalue weighted by Gasteiger charge is 1.93. The van der Waals surface area contributed by atoms with Crippen molar-refractivity contribution in [1.29, 1.82) is 0 Å². The van der Waals surface area contributed by atoms with E-state index in [9.17, 15) is 0 Å². The molecular formula is C10H15N3. The van der Waals surface area contributed by atoms with Crippen LogP contribution in [-0.2, 0) is 6.42 Å². The van der Waals surface area contributed by atoms with Crippen LogP contribution in [0.5, 0.6) is 0 Å². The zero-order chi connectivity index (χ0) is 9.52. The van der Waals surface area contributed by atoms with Crippen molar-refractivity contribution in [2.45, 2.75) is 6.42 Å². The second-order valence-electron chi connectivity index (χ2n) is 2.88. The van der Waals surface area contributed by atoms with Crippen molar-refractivity contribution >= 4 is 0 Å². The van der Waals surface area contributed by atoms with E-state index in [0.29, 0.717) is 12.2 Å². The summed E-state index contributed by atoms with van der Waals surface area (Å²) in [5.41, 5.74) is 7.13. The van der Waals surface area contributed by atoms with Crippen LogP contribution in [0.2, 0.25) is 0 Å². The lowest BCUT2D eigenvalue weighted by atomic mass is 10.2. The van der Waals surface area contributed by atoms with Crippen molar-refractivity contribution in [3.63, 3.8) is 0 Å². The Hall–Kier alpha value is -0.930. The van der Waals surface area contributed by atoms with Crippen molar-refractivity contribution in [3.05, 3.63) is 36.5 Å². The molecular weight excluding hydrogens is 162 g/mol. The van der Waals surface area contributed by atoms with Gasteiger partial charge in [0.25, 0.3) is 0 Å². The zero-order valence-corrected chi connectivity index (χ0v) is 7.66. The molecule has 0 unspecified atom stereocenters. The number of hydrogen-bond donors (Lipinski definition) is 2. The molecule has 0 aromatic carbocycles. The van der Waals surface area contributed by atoms with Crippen molar-refractivity contribution in [2.24, 2.45) is 5.73 Å². The van der Waals surface area contributed by atoms with Gasteiger partial charge in [-0.1, -0.05) is 0 Å².